The minimum atomic E-state index is -0.272. The van der Waals surface area contributed by atoms with Crippen LogP contribution in [0, 0.1) is 5.82 Å². The second-order valence-corrected chi connectivity index (χ2v) is 7.24. The fourth-order valence-corrected chi connectivity index (χ4v) is 3.97. The van der Waals surface area contributed by atoms with Crippen molar-refractivity contribution >= 4 is 17.7 Å². The van der Waals surface area contributed by atoms with E-state index >= 15 is 0 Å². The second-order valence-electron chi connectivity index (χ2n) is 6.07. The molecule has 4 rings (SSSR count). The first kappa shape index (κ1) is 16.8. The average Bonchev–Trinajstić information content (AvgIpc) is 3.24. The molecule has 1 aromatic heterocycles. The van der Waals surface area contributed by atoms with Crippen molar-refractivity contribution < 1.29 is 13.9 Å². The number of rotatable bonds is 5. The number of ether oxygens (including phenoxy) is 1. The Morgan fingerprint density at radius 3 is 2.62 bits per heavy atom. The van der Waals surface area contributed by atoms with Gasteiger partial charge in [-0.3, -0.25) is 4.79 Å². The largest absolute Gasteiger partial charge is 0.465 e. The van der Waals surface area contributed by atoms with Crippen LogP contribution in [0.5, 0.6) is 0 Å². The smallest absolute Gasteiger partial charge is 0.319 e. The summed E-state index contributed by atoms with van der Waals surface area (Å²) in [6.45, 7) is 1.08. The Labute approximate surface area is 155 Å². The number of cyclic esters (lactones) is 1. The van der Waals surface area contributed by atoms with Crippen LogP contribution in [0.1, 0.15) is 12.0 Å². The molecule has 26 heavy (non-hydrogen) atoms. The molecule has 3 aromatic rings. The number of benzene rings is 2. The molecule has 0 radical (unpaired) electrons. The van der Waals surface area contributed by atoms with Gasteiger partial charge < -0.3 is 9.30 Å². The quantitative estimate of drug-likeness (QED) is 0.635. The van der Waals surface area contributed by atoms with Crippen molar-refractivity contribution in [3.63, 3.8) is 0 Å². The molecule has 132 valence electrons. The molecule has 2 aromatic carbocycles. The van der Waals surface area contributed by atoms with E-state index in [-0.39, 0.29) is 17.0 Å². The van der Waals surface area contributed by atoms with Gasteiger partial charge in [0, 0.05) is 6.42 Å². The van der Waals surface area contributed by atoms with Gasteiger partial charge in [-0.05, 0) is 35.4 Å². The van der Waals surface area contributed by atoms with Crippen molar-refractivity contribution in [2.75, 3.05) is 6.61 Å². The maximum atomic E-state index is 13.3. The molecule has 0 spiro atoms. The van der Waals surface area contributed by atoms with E-state index in [1.807, 2.05) is 30.3 Å². The van der Waals surface area contributed by atoms with E-state index in [0.29, 0.717) is 19.6 Å². The Kier molecular flexibility index (Phi) is 4.75. The number of hydrogen-bond acceptors (Lipinski definition) is 4. The molecule has 0 amide bonds. The van der Waals surface area contributed by atoms with E-state index in [9.17, 15) is 9.18 Å². The third-order valence-electron chi connectivity index (χ3n) is 4.28. The van der Waals surface area contributed by atoms with Crippen LogP contribution >= 0.6 is 11.8 Å². The number of carbonyl (C=O) groups excluding carboxylic acids is 1. The number of halogens is 1. The summed E-state index contributed by atoms with van der Waals surface area (Å²) in [6, 6.07) is 16.4. The molecule has 4 nitrogen and oxygen atoms in total. The van der Waals surface area contributed by atoms with Crippen molar-refractivity contribution in [2.24, 2.45) is 0 Å². The summed E-state index contributed by atoms with van der Waals surface area (Å²) >= 11 is 1.43. The molecular formula is C20H17FN2O2S. The number of nitrogens with zero attached hydrogens (tertiary/aromatic N) is 2. The zero-order valence-electron chi connectivity index (χ0n) is 14.0. The van der Waals surface area contributed by atoms with Gasteiger partial charge in [-0.1, -0.05) is 42.1 Å². The van der Waals surface area contributed by atoms with Gasteiger partial charge in [-0.2, -0.15) is 0 Å². The number of carbonyl (C=O) groups is 1. The van der Waals surface area contributed by atoms with E-state index < -0.39 is 0 Å². The maximum Gasteiger partial charge on any atom is 0.319 e. The molecule has 2 heterocycles. The Morgan fingerprint density at radius 1 is 1.15 bits per heavy atom. The predicted molar refractivity (Wildman–Crippen MR) is 98.4 cm³/mol. The lowest BCUT2D eigenvalue weighted by Crippen LogP contribution is -2.12. The Hall–Kier alpha value is -2.60. The van der Waals surface area contributed by atoms with Crippen molar-refractivity contribution in [1.82, 2.24) is 9.55 Å². The SMILES string of the molecule is O=C1OCC[C@H]1Sc1ncc(-c2ccc(F)cc2)n1Cc1ccccc1. The summed E-state index contributed by atoms with van der Waals surface area (Å²) in [6.07, 6.45) is 2.46. The summed E-state index contributed by atoms with van der Waals surface area (Å²) in [5.41, 5.74) is 2.91. The van der Waals surface area contributed by atoms with Crippen LogP contribution in [0.3, 0.4) is 0 Å². The summed E-state index contributed by atoms with van der Waals surface area (Å²) < 4.78 is 20.4. The molecule has 0 bridgehead atoms. The van der Waals surface area contributed by atoms with Gasteiger partial charge in [-0.25, -0.2) is 9.37 Å². The van der Waals surface area contributed by atoms with Crippen LogP contribution < -0.4 is 0 Å². The molecule has 0 saturated carbocycles. The van der Waals surface area contributed by atoms with Crippen molar-refractivity contribution in [2.45, 2.75) is 23.4 Å². The fraction of sp³-hybridized carbons (Fsp3) is 0.200. The van der Waals surface area contributed by atoms with Gasteiger partial charge in [0.2, 0.25) is 0 Å². The minimum absolute atomic E-state index is 0.187. The highest BCUT2D eigenvalue weighted by atomic mass is 32.2. The number of imidazole rings is 1. The molecule has 0 N–H and O–H groups in total. The van der Waals surface area contributed by atoms with Crippen molar-refractivity contribution in [3.05, 3.63) is 72.2 Å². The van der Waals surface area contributed by atoms with Crippen LogP contribution in [0.15, 0.2) is 66.0 Å². The van der Waals surface area contributed by atoms with Gasteiger partial charge >= 0.3 is 5.97 Å². The van der Waals surface area contributed by atoms with Crippen molar-refractivity contribution in [3.8, 4) is 11.3 Å². The van der Waals surface area contributed by atoms with E-state index in [1.165, 1.54) is 23.9 Å². The fourth-order valence-electron chi connectivity index (χ4n) is 2.93. The summed E-state index contributed by atoms with van der Waals surface area (Å²) in [4.78, 5) is 16.4. The number of thioether (sulfide) groups is 1. The number of hydrogen-bond donors (Lipinski definition) is 0. The van der Waals surface area contributed by atoms with Crippen LogP contribution in [0.25, 0.3) is 11.3 Å². The van der Waals surface area contributed by atoms with Gasteiger partial charge in [0.15, 0.2) is 5.16 Å². The predicted octanol–water partition coefficient (Wildman–Crippen LogP) is 4.15. The first-order valence-electron chi connectivity index (χ1n) is 8.39. The van der Waals surface area contributed by atoms with Gasteiger partial charge in [-0.15, -0.1) is 0 Å². The summed E-state index contributed by atoms with van der Waals surface area (Å²) in [7, 11) is 0. The standard InChI is InChI=1S/C20H17FN2O2S/c21-16-8-6-15(7-9-16)17-12-22-20(26-18-10-11-25-19(18)24)23(17)13-14-4-2-1-3-5-14/h1-9,12,18H,10-11,13H2/t18-/m1/s1. The Balaban J connectivity index is 1.71. The summed E-state index contributed by atoms with van der Waals surface area (Å²) in [5.74, 6) is -0.459. The number of esters is 1. The maximum absolute atomic E-state index is 13.3. The third kappa shape index (κ3) is 3.51. The normalized spacial score (nSPS) is 16.7. The van der Waals surface area contributed by atoms with E-state index in [4.69, 9.17) is 4.74 Å². The second kappa shape index (κ2) is 7.33. The van der Waals surface area contributed by atoms with Gasteiger partial charge in [0.1, 0.15) is 11.1 Å². The lowest BCUT2D eigenvalue weighted by atomic mass is 10.1. The minimum Gasteiger partial charge on any atom is -0.465 e. The van der Waals surface area contributed by atoms with Crippen LogP contribution in [0.4, 0.5) is 4.39 Å². The third-order valence-corrected chi connectivity index (χ3v) is 5.53. The molecule has 6 heteroatoms. The molecule has 0 unspecified atom stereocenters. The highest BCUT2D eigenvalue weighted by Crippen LogP contribution is 2.32. The number of aromatic nitrogens is 2. The first-order chi connectivity index (χ1) is 12.7. The summed E-state index contributed by atoms with van der Waals surface area (Å²) in [5, 5.41) is 0.532. The zero-order chi connectivity index (χ0) is 17.9. The average molecular weight is 368 g/mol. The lowest BCUT2D eigenvalue weighted by molar-refractivity contribution is -0.137. The molecule has 1 atom stereocenters. The molecule has 1 aliphatic rings. The lowest BCUT2D eigenvalue weighted by Gasteiger charge is -2.13. The monoisotopic (exact) mass is 368 g/mol. The molecule has 1 saturated heterocycles. The van der Waals surface area contributed by atoms with Crippen LogP contribution in [-0.4, -0.2) is 27.4 Å². The highest BCUT2D eigenvalue weighted by Gasteiger charge is 2.29. The van der Waals surface area contributed by atoms with Crippen LogP contribution in [-0.2, 0) is 16.1 Å². The van der Waals surface area contributed by atoms with E-state index in [0.717, 1.165) is 22.0 Å². The van der Waals surface area contributed by atoms with E-state index in [1.54, 1.807) is 18.3 Å². The Bertz CT molecular complexity index is 909. The van der Waals surface area contributed by atoms with Gasteiger partial charge in [0.25, 0.3) is 0 Å². The Morgan fingerprint density at radius 2 is 1.92 bits per heavy atom. The molecular weight excluding hydrogens is 351 g/mol. The van der Waals surface area contributed by atoms with E-state index in [2.05, 4.69) is 9.55 Å². The van der Waals surface area contributed by atoms with Crippen LogP contribution in [0.2, 0.25) is 0 Å². The first-order valence-corrected chi connectivity index (χ1v) is 9.27. The molecule has 1 aliphatic heterocycles. The zero-order valence-corrected chi connectivity index (χ0v) is 14.8. The van der Waals surface area contributed by atoms with Gasteiger partial charge in [0.05, 0.1) is 25.0 Å². The topological polar surface area (TPSA) is 44.1 Å². The molecule has 0 aliphatic carbocycles. The molecule has 1 fully saturated rings. The van der Waals surface area contributed by atoms with Crippen molar-refractivity contribution in [1.29, 1.82) is 0 Å². The highest BCUT2D eigenvalue weighted by molar-refractivity contribution is 8.00.